The van der Waals surface area contributed by atoms with Gasteiger partial charge < -0.3 is 9.42 Å². The maximum Gasteiger partial charge on any atom is 0.416 e. The van der Waals surface area contributed by atoms with Crippen LogP contribution >= 0.6 is 0 Å². The number of carbonyl (C=O) groups is 1. The largest absolute Gasteiger partial charge is 0.416 e. The Morgan fingerprint density at radius 2 is 1.78 bits per heavy atom. The quantitative estimate of drug-likeness (QED) is 0.554. The molecule has 2 heterocycles. The molecule has 1 fully saturated rings. The summed E-state index contributed by atoms with van der Waals surface area (Å²) in [6.07, 6.45) is -4.46. The zero-order valence-corrected chi connectivity index (χ0v) is 17.1. The molecule has 1 atom stereocenters. The molecular formula is C22H20F4N4O2. The number of aromatic nitrogens is 2. The van der Waals surface area contributed by atoms with Crippen molar-refractivity contribution in [2.45, 2.75) is 19.1 Å². The summed E-state index contributed by atoms with van der Waals surface area (Å²) in [6, 6.07) is 10.0. The number of hydrogen-bond acceptors (Lipinski definition) is 5. The van der Waals surface area contributed by atoms with Gasteiger partial charge in [-0.05, 0) is 37.3 Å². The minimum Gasteiger partial charge on any atom is -0.337 e. The van der Waals surface area contributed by atoms with Gasteiger partial charge in [-0.2, -0.15) is 18.2 Å². The third-order valence-electron chi connectivity index (χ3n) is 5.47. The van der Waals surface area contributed by atoms with Gasteiger partial charge in [0.15, 0.2) is 0 Å². The van der Waals surface area contributed by atoms with Crippen LogP contribution in [0, 0.1) is 5.82 Å². The third-order valence-corrected chi connectivity index (χ3v) is 5.47. The first kappa shape index (κ1) is 21.9. The van der Waals surface area contributed by atoms with Crippen molar-refractivity contribution in [1.82, 2.24) is 19.9 Å². The lowest BCUT2D eigenvalue weighted by Gasteiger charge is -2.36. The average Bonchev–Trinajstić information content (AvgIpc) is 3.28. The highest BCUT2D eigenvalue weighted by atomic mass is 19.4. The fourth-order valence-electron chi connectivity index (χ4n) is 3.63. The van der Waals surface area contributed by atoms with E-state index in [2.05, 4.69) is 10.1 Å². The Hall–Kier alpha value is -3.27. The normalized spacial score (nSPS) is 16.2. The summed E-state index contributed by atoms with van der Waals surface area (Å²) in [5.74, 6) is -0.335. The Labute approximate surface area is 181 Å². The number of halogens is 4. The van der Waals surface area contributed by atoms with Gasteiger partial charge in [0.2, 0.25) is 11.7 Å². The number of amides is 1. The standard InChI is InChI=1S/C22H20F4N4O2/c1-14(20-27-19(28-32-20)15-4-2-6-17(12-15)22(24,25)26)29-8-10-30(11-9-29)21(31)16-5-3-7-18(23)13-16/h2-7,12-14H,8-11H2,1H3/t14-/m1/s1. The second-order valence-electron chi connectivity index (χ2n) is 7.55. The number of alkyl halides is 3. The number of hydrogen-bond donors (Lipinski definition) is 0. The molecule has 32 heavy (non-hydrogen) atoms. The van der Waals surface area contributed by atoms with Crippen LogP contribution in [0.4, 0.5) is 17.6 Å². The van der Waals surface area contributed by atoms with E-state index in [0.29, 0.717) is 31.7 Å². The van der Waals surface area contributed by atoms with Crippen LogP contribution in [-0.2, 0) is 6.18 Å². The molecule has 0 radical (unpaired) electrons. The van der Waals surface area contributed by atoms with E-state index in [9.17, 15) is 22.4 Å². The van der Waals surface area contributed by atoms with Crippen molar-refractivity contribution < 1.29 is 26.9 Å². The Balaban J connectivity index is 1.41. The summed E-state index contributed by atoms with van der Waals surface area (Å²) < 4.78 is 57.6. The fraction of sp³-hybridized carbons (Fsp3) is 0.318. The molecular weight excluding hydrogens is 428 g/mol. The fourth-order valence-corrected chi connectivity index (χ4v) is 3.63. The van der Waals surface area contributed by atoms with Crippen LogP contribution < -0.4 is 0 Å². The minimum absolute atomic E-state index is 0.0814. The van der Waals surface area contributed by atoms with E-state index in [-0.39, 0.29) is 29.2 Å². The molecule has 0 saturated carbocycles. The number of nitrogens with zero attached hydrogens (tertiary/aromatic N) is 4. The van der Waals surface area contributed by atoms with Gasteiger partial charge in [-0.15, -0.1) is 0 Å². The van der Waals surface area contributed by atoms with Crippen molar-refractivity contribution in [2.24, 2.45) is 0 Å². The van der Waals surface area contributed by atoms with Gasteiger partial charge in [-0.1, -0.05) is 23.4 Å². The lowest BCUT2D eigenvalue weighted by molar-refractivity contribution is -0.137. The maximum atomic E-state index is 13.4. The summed E-state index contributed by atoms with van der Waals surface area (Å²) in [7, 11) is 0. The molecule has 4 rings (SSSR count). The third kappa shape index (κ3) is 4.64. The molecule has 0 spiro atoms. The summed E-state index contributed by atoms with van der Waals surface area (Å²) in [5, 5.41) is 3.84. The molecule has 10 heteroatoms. The zero-order valence-electron chi connectivity index (χ0n) is 17.1. The smallest absolute Gasteiger partial charge is 0.337 e. The van der Waals surface area contributed by atoms with E-state index in [4.69, 9.17) is 4.52 Å². The highest BCUT2D eigenvalue weighted by molar-refractivity contribution is 5.94. The number of benzene rings is 2. The van der Waals surface area contributed by atoms with Gasteiger partial charge in [-0.3, -0.25) is 9.69 Å². The van der Waals surface area contributed by atoms with Gasteiger partial charge in [0.1, 0.15) is 5.82 Å². The van der Waals surface area contributed by atoms with Crippen molar-refractivity contribution in [3.05, 3.63) is 71.4 Å². The summed E-state index contributed by atoms with van der Waals surface area (Å²) in [6.45, 7) is 3.79. The van der Waals surface area contributed by atoms with Gasteiger partial charge in [0.25, 0.3) is 5.91 Å². The molecule has 1 amide bonds. The molecule has 0 aliphatic carbocycles. The second kappa shape index (κ2) is 8.70. The summed E-state index contributed by atoms with van der Waals surface area (Å²) >= 11 is 0. The first-order valence-corrected chi connectivity index (χ1v) is 10.0. The lowest BCUT2D eigenvalue weighted by atomic mass is 10.1. The van der Waals surface area contributed by atoms with Crippen molar-refractivity contribution in [3.8, 4) is 11.4 Å². The lowest BCUT2D eigenvalue weighted by Crippen LogP contribution is -2.49. The van der Waals surface area contributed by atoms with Crippen molar-refractivity contribution in [2.75, 3.05) is 26.2 Å². The highest BCUT2D eigenvalue weighted by Crippen LogP contribution is 2.32. The van der Waals surface area contributed by atoms with Crippen LogP contribution in [-0.4, -0.2) is 52.0 Å². The molecule has 0 N–H and O–H groups in total. The molecule has 3 aromatic rings. The van der Waals surface area contributed by atoms with Crippen molar-refractivity contribution in [1.29, 1.82) is 0 Å². The van der Waals surface area contributed by atoms with Crippen molar-refractivity contribution >= 4 is 5.91 Å². The SMILES string of the molecule is C[C@H](c1nc(-c2cccc(C(F)(F)F)c2)no1)N1CCN(C(=O)c2cccc(F)c2)CC1. The second-order valence-corrected chi connectivity index (χ2v) is 7.55. The molecule has 0 unspecified atom stereocenters. The van der Waals surface area contributed by atoms with Crippen LogP contribution in [0.25, 0.3) is 11.4 Å². The molecule has 2 aromatic carbocycles. The number of piperazine rings is 1. The molecule has 6 nitrogen and oxygen atoms in total. The molecule has 1 aromatic heterocycles. The van der Waals surface area contributed by atoms with Gasteiger partial charge in [-0.25, -0.2) is 4.39 Å². The van der Waals surface area contributed by atoms with Crippen molar-refractivity contribution in [3.63, 3.8) is 0 Å². The molecule has 1 aliphatic rings. The van der Waals surface area contributed by atoms with Gasteiger partial charge >= 0.3 is 6.18 Å². The minimum atomic E-state index is -4.46. The first-order valence-electron chi connectivity index (χ1n) is 10.0. The first-order chi connectivity index (χ1) is 15.2. The van der Waals surface area contributed by atoms with E-state index in [1.165, 1.54) is 30.3 Å². The van der Waals surface area contributed by atoms with Crippen LogP contribution in [0.1, 0.15) is 34.8 Å². The van der Waals surface area contributed by atoms with E-state index in [0.717, 1.165) is 12.1 Å². The Morgan fingerprint density at radius 1 is 1.06 bits per heavy atom. The topological polar surface area (TPSA) is 62.5 Å². The van der Waals surface area contributed by atoms with E-state index >= 15 is 0 Å². The Bertz CT molecular complexity index is 1110. The van der Waals surface area contributed by atoms with E-state index in [1.807, 2.05) is 11.8 Å². The average molecular weight is 448 g/mol. The number of carbonyl (C=O) groups excluding carboxylic acids is 1. The van der Waals surface area contributed by atoms with E-state index < -0.39 is 17.6 Å². The van der Waals surface area contributed by atoms with Crippen LogP contribution in [0.3, 0.4) is 0 Å². The molecule has 168 valence electrons. The van der Waals surface area contributed by atoms with Crippen LogP contribution in [0.5, 0.6) is 0 Å². The van der Waals surface area contributed by atoms with Crippen LogP contribution in [0.15, 0.2) is 53.1 Å². The van der Waals surface area contributed by atoms with E-state index in [1.54, 1.807) is 11.0 Å². The van der Waals surface area contributed by atoms with Crippen LogP contribution in [0.2, 0.25) is 0 Å². The monoisotopic (exact) mass is 448 g/mol. The Kier molecular flexibility index (Phi) is 5.96. The maximum absolute atomic E-state index is 13.4. The molecule has 1 aliphatic heterocycles. The predicted molar refractivity (Wildman–Crippen MR) is 107 cm³/mol. The zero-order chi connectivity index (χ0) is 22.9. The molecule has 0 bridgehead atoms. The Morgan fingerprint density at radius 3 is 2.47 bits per heavy atom. The van der Waals surface area contributed by atoms with Gasteiger partial charge in [0.05, 0.1) is 11.6 Å². The number of rotatable bonds is 4. The van der Waals surface area contributed by atoms with Gasteiger partial charge in [0, 0.05) is 37.3 Å². The highest BCUT2D eigenvalue weighted by Gasteiger charge is 2.31. The summed E-state index contributed by atoms with van der Waals surface area (Å²) in [4.78, 5) is 20.6. The molecule has 1 saturated heterocycles. The summed E-state index contributed by atoms with van der Waals surface area (Å²) in [5.41, 5.74) is -0.268. The predicted octanol–water partition coefficient (Wildman–Crippen LogP) is 4.41.